The standard InChI is InChI=1S/C14H15N7O5/c1-7(22)24-4-10-9(25-8(2)23)3-11(26-10)21-6-18-12-13(19-20-15)16-5-17-14(12)21/h5-6,9-11H,3-4H2,1-2H3. The van der Waals surface area contributed by atoms with Gasteiger partial charge in [0.05, 0.1) is 6.33 Å². The molecule has 3 atom stereocenters. The molecule has 12 heteroatoms. The summed E-state index contributed by atoms with van der Waals surface area (Å²) in [4.78, 5) is 37.3. The van der Waals surface area contributed by atoms with Gasteiger partial charge < -0.3 is 14.2 Å². The first kappa shape index (κ1) is 17.6. The van der Waals surface area contributed by atoms with Crippen LogP contribution >= 0.6 is 0 Å². The Morgan fingerprint density at radius 1 is 1.38 bits per heavy atom. The summed E-state index contributed by atoms with van der Waals surface area (Å²) in [6.45, 7) is 2.53. The summed E-state index contributed by atoms with van der Waals surface area (Å²) in [5.41, 5.74) is 9.33. The molecule has 1 fully saturated rings. The third kappa shape index (κ3) is 3.55. The van der Waals surface area contributed by atoms with Gasteiger partial charge in [0.1, 0.15) is 36.9 Å². The van der Waals surface area contributed by atoms with Crippen molar-refractivity contribution in [1.29, 1.82) is 0 Å². The molecule has 12 nitrogen and oxygen atoms in total. The Labute approximate surface area is 146 Å². The molecule has 26 heavy (non-hydrogen) atoms. The van der Waals surface area contributed by atoms with Gasteiger partial charge in [-0.2, -0.15) is 0 Å². The fourth-order valence-corrected chi connectivity index (χ4v) is 2.72. The van der Waals surface area contributed by atoms with Crippen LogP contribution in [-0.4, -0.2) is 50.3 Å². The molecule has 0 amide bonds. The summed E-state index contributed by atoms with van der Waals surface area (Å²) in [7, 11) is 0. The quantitative estimate of drug-likeness (QED) is 0.336. The first-order valence-corrected chi connectivity index (χ1v) is 7.68. The predicted octanol–water partition coefficient (Wildman–Crippen LogP) is 1.55. The number of rotatable bonds is 5. The number of ether oxygens (including phenoxy) is 3. The highest BCUT2D eigenvalue weighted by Crippen LogP contribution is 2.34. The maximum absolute atomic E-state index is 11.3. The molecular formula is C14H15N7O5. The molecule has 0 aromatic carbocycles. The first-order valence-electron chi connectivity index (χ1n) is 7.68. The molecule has 3 rings (SSSR count). The molecule has 0 spiro atoms. The molecule has 136 valence electrons. The Hall–Kier alpha value is -3.24. The van der Waals surface area contributed by atoms with Gasteiger partial charge in [0.2, 0.25) is 0 Å². The number of hydrogen-bond donors (Lipinski definition) is 0. The maximum Gasteiger partial charge on any atom is 0.303 e. The molecule has 0 bridgehead atoms. The van der Waals surface area contributed by atoms with E-state index < -0.39 is 30.4 Å². The largest absolute Gasteiger partial charge is 0.463 e. The lowest BCUT2D eigenvalue weighted by Gasteiger charge is -2.17. The highest BCUT2D eigenvalue weighted by Gasteiger charge is 2.39. The zero-order valence-corrected chi connectivity index (χ0v) is 14.0. The number of esters is 2. The number of fused-ring (bicyclic) bond motifs is 1. The Bertz CT molecular complexity index is 891. The van der Waals surface area contributed by atoms with Gasteiger partial charge in [-0.1, -0.05) is 0 Å². The van der Waals surface area contributed by atoms with Gasteiger partial charge in [0.25, 0.3) is 0 Å². The van der Waals surface area contributed by atoms with Crippen molar-refractivity contribution in [3.05, 3.63) is 23.1 Å². The lowest BCUT2D eigenvalue weighted by atomic mass is 10.2. The van der Waals surface area contributed by atoms with E-state index in [2.05, 4.69) is 25.0 Å². The molecule has 0 saturated carbocycles. The predicted molar refractivity (Wildman–Crippen MR) is 84.8 cm³/mol. The summed E-state index contributed by atoms with van der Waals surface area (Å²) in [6, 6.07) is 0. The highest BCUT2D eigenvalue weighted by molar-refractivity contribution is 5.80. The van der Waals surface area contributed by atoms with E-state index in [0.29, 0.717) is 17.6 Å². The molecule has 3 heterocycles. The van der Waals surface area contributed by atoms with Crippen LogP contribution in [-0.2, 0) is 23.8 Å². The van der Waals surface area contributed by atoms with E-state index in [1.165, 1.54) is 26.5 Å². The zero-order chi connectivity index (χ0) is 18.7. The van der Waals surface area contributed by atoms with Gasteiger partial charge in [-0.15, -0.1) is 0 Å². The van der Waals surface area contributed by atoms with Crippen molar-refractivity contribution in [3.63, 3.8) is 0 Å². The van der Waals surface area contributed by atoms with Crippen LogP contribution in [0.3, 0.4) is 0 Å². The molecule has 2 aromatic rings. The molecule has 2 aromatic heterocycles. The molecule has 1 aliphatic heterocycles. The Morgan fingerprint density at radius 3 is 2.88 bits per heavy atom. The monoisotopic (exact) mass is 361 g/mol. The van der Waals surface area contributed by atoms with Gasteiger partial charge in [-0.05, 0) is 10.6 Å². The molecular weight excluding hydrogens is 346 g/mol. The van der Waals surface area contributed by atoms with Crippen molar-refractivity contribution < 1.29 is 23.8 Å². The number of azide groups is 1. The minimum atomic E-state index is -0.622. The average Bonchev–Trinajstić information content (AvgIpc) is 3.17. The van der Waals surface area contributed by atoms with Crippen molar-refractivity contribution >= 4 is 28.9 Å². The van der Waals surface area contributed by atoms with Crippen LogP contribution in [0.2, 0.25) is 0 Å². The van der Waals surface area contributed by atoms with E-state index in [1.807, 2.05) is 0 Å². The second-order valence-corrected chi connectivity index (χ2v) is 5.53. The van der Waals surface area contributed by atoms with Crippen LogP contribution in [0.15, 0.2) is 17.8 Å². The Balaban J connectivity index is 1.88. The van der Waals surface area contributed by atoms with Crippen LogP contribution in [0.1, 0.15) is 26.5 Å². The fourth-order valence-electron chi connectivity index (χ4n) is 2.72. The van der Waals surface area contributed by atoms with Gasteiger partial charge in [0, 0.05) is 25.2 Å². The maximum atomic E-state index is 11.3. The van der Waals surface area contributed by atoms with Crippen LogP contribution < -0.4 is 0 Å². The SMILES string of the molecule is CC(=O)OCC1OC(n2cnc3c(N=[N+]=[N-])ncnc32)CC1OC(C)=O. The van der Waals surface area contributed by atoms with Gasteiger partial charge >= 0.3 is 11.9 Å². The molecule has 1 aliphatic rings. The van der Waals surface area contributed by atoms with Crippen LogP contribution in [0.4, 0.5) is 5.82 Å². The van der Waals surface area contributed by atoms with Crippen molar-refractivity contribution in [2.75, 3.05) is 6.61 Å². The Kier molecular flexibility index (Phi) is 4.96. The van der Waals surface area contributed by atoms with Crippen molar-refractivity contribution in [1.82, 2.24) is 19.5 Å². The number of carbonyl (C=O) groups is 2. The first-order chi connectivity index (χ1) is 12.5. The average molecular weight is 361 g/mol. The molecule has 0 N–H and O–H groups in total. The lowest BCUT2D eigenvalue weighted by Crippen LogP contribution is -2.31. The number of nitrogens with zero attached hydrogens (tertiary/aromatic N) is 7. The second-order valence-electron chi connectivity index (χ2n) is 5.53. The molecule has 1 saturated heterocycles. The number of hydrogen-bond acceptors (Lipinski definition) is 9. The lowest BCUT2D eigenvalue weighted by molar-refractivity contribution is -0.155. The van der Waals surface area contributed by atoms with Gasteiger partial charge in [-0.25, -0.2) is 15.0 Å². The van der Waals surface area contributed by atoms with Crippen molar-refractivity contribution in [2.45, 2.75) is 38.7 Å². The summed E-state index contributed by atoms with van der Waals surface area (Å²) < 4.78 is 17.8. The summed E-state index contributed by atoms with van der Waals surface area (Å²) in [5, 5.41) is 3.48. The fraction of sp³-hybridized carbons (Fsp3) is 0.500. The number of aromatic nitrogens is 4. The third-order valence-corrected chi connectivity index (χ3v) is 3.74. The van der Waals surface area contributed by atoms with E-state index in [1.54, 1.807) is 4.57 Å². The minimum absolute atomic E-state index is 0.0463. The second kappa shape index (κ2) is 7.33. The Morgan fingerprint density at radius 2 is 2.19 bits per heavy atom. The van der Waals surface area contributed by atoms with Crippen molar-refractivity contribution in [3.8, 4) is 0 Å². The van der Waals surface area contributed by atoms with Gasteiger partial charge in [-0.3, -0.25) is 14.2 Å². The van der Waals surface area contributed by atoms with E-state index in [4.69, 9.17) is 19.7 Å². The number of imidazole rings is 1. The summed E-state index contributed by atoms with van der Waals surface area (Å²) >= 11 is 0. The molecule has 0 radical (unpaired) electrons. The van der Waals surface area contributed by atoms with Crippen LogP contribution in [0, 0.1) is 0 Å². The van der Waals surface area contributed by atoms with Crippen molar-refractivity contribution in [2.24, 2.45) is 5.11 Å². The summed E-state index contributed by atoms with van der Waals surface area (Å²) in [6.07, 6.45) is 1.27. The summed E-state index contributed by atoms with van der Waals surface area (Å²) in [5.74, 6) is -0.823. The smallest absolute Gasteiger partial charge is 0.303 e. The van der Waals surface area contributed by atoms with E-state index in [-0.39, 0.29) is 12.4 Å². The third-order valence-electron chi connectivity index (χ3n) is 3.74. The van der Waals surface area contributed by atoms with E-state index in [0.717, 1.165) is 0 Å². The topological polar surface area (TPSA) is 154 Å². The normalized spacial score (nSPS) is 22.0. The van der Waals surface area contributed by atoms with Gasteiger partial charge in [0.15, 0.2) is 11.5 Å². The van der Waals surface area contributed by atoms with E-state index >= 15 is 0 Å². The zero-order valence-electron chi connectivity index (χ0n) is 14.0. The van der Waals surface area contributed by atoms with Crippen LogP contribution in [0.25, 0.3) is 21.6 Å². The highest BCUT2D eigenvalue weighted by atomic mass is 16.6. The molecule has 0 aliphatic carbocycles. The van der Waals surface area contributed by atoms with E-state index in [9.17, 15) is 9.59 Å². The number of carbonyl (C=O) groups excluding carboxylic acids is 2. The minimum Gasteiger partial charge on any atom is -0.463 e. The molecule has 3 unspecified atom stereocenters. The van der Waals surface area contributed by atoms with Crippen LogP contribution in [0.5, 0.6) is 0 Å².